The van der Waals surface area contributed by atoms with E-state index in [1.54, 1.807) is 0 Å². The molecule has 0 aliphatic carbocycles. The number of alkyl halides is 3. The van der Waals surface area contributed by atoms with Crippen LogP contribution >= 0.6 is 34.8 Å². The number of hydrogen-bond acceptors (Lipinski definition) is 2. The molecule has 0 saturated carbocycles. The van der Waals surface area contributed by atoms with Crippen molar-refractivity contribution in [2.24, 2.45) is 0 Å². The largest absolute Gasteiger partial charge is 0.490 e. The number of halogens is 6. The molecule has 0 aliphatic heterocycles. The smallest absolute Gasteiger partial charge is 0.417 e. The Morgan fingerprint density at radius 2 is 1.69 bits per heavy atom. The van der Waals surface area contributed by atoms with E-state index in [0.717, 1.165) is 18.6 Å². The van der Waals surface area contributed by atoms with Crippen molar-refractivity contribution in [3.05, 3.63) is 56.5 Å². The second-order valence-corrected chi connectivity index (χ2v) is 6.49. The van der Waals surface area contributed by atoms with Crippen molar-refractivity contribution < 1.29 is 22.7 Å². The highest BCUT2D eigenvalue weighted by molar-refractivity contribution is 6.37. The highest BCUT2D eigenvalue weighted by atomic mass is 35.5. The Bertz CT molecular complexity index is 802. The van der Waals surface area contributed by atoms with Gasteiger partial charge in [0.1, 0.15) is 0 Å². The molecular weight excluding hydrogens is 414 g/mol. The molecule has 0 aliphatic rings. The predicted octanol–water partition coefficient (Wildman–Crippen LogP) is 6.71. The third kappa shape index (κ3) is 4.96. The summed E-state index contributed by atoms with van der Waals surface area (Å²) in [6.45, 7) is 2.31. The van der Waals surface area contributed by atoms with E-state index in [9.17, 15) is 18.0 Å². The van der Waals surface area contributed by atoms with Crippen LogP contribution in [-0.2, 0) is 6.18 Å². The lowest BCUT2D eigenvalue weighted by atomic mass is 10.1. The summed E-state index contributed by atoms with van der Waals surface area (Å²) in [4.78, 5) is 12.3. The third-order valence-electron chi connectivity index (χ3n) is 3.24. The van der Waals surface area contributed by atoms with Crippen LogP contribution < -0.4 is 10.1 Å². The van der Waals surface area contributed by atoms with Crippen LogP contribution in [0, 0.1) is 0 Å². The van der Waals surface area contributed by atoms with E-state index < -0.39 is 22.7 Å². The summed E-state index contributed by atoms with van der Waals surface area (Å²) in [7, 11) is 0. The normalized spacial score (nSPS) is 11.3. The van der Waals surface area contributed by atoms with E-state index in [2.05, 4.69) is 5.32 Å². The molecule has 1 N–H and O–H groups in total. The Labute approximate surface area is 163 Å². The highest BCUT2D eigenvalue weighted by Gasteiger charge is 2.33. The quantitative estimate of drug-likeness (QED) is 0.577. The molecule has 0 fully saturated rings. The summed E-state index contributed by atoms with van der Waals surface area (Å²) >= 11 is 17.7. The van der Waals surface area contributed by atoms with E-state index >= 15 is 0 Å². The fourth-order valence-corrected chi connectivity index (χ4v) is 2.88. The summed E-state index contributed by atoms with van der Waals surface area (Å²) in [5, 5.41) is 2.16. The predicted molar refractivity (Wildman–Crippen MR) is 96.7 cm³/mol. The Hall–Kier alpha value is -1.63. The average molecular weight is 427 g/mol. The average Bonchev–Trinajstić information content (AvgIpc) is 2.54. The van der Waals surface area contributed by atoms with Gasteiger partial charge >= 0.3 is 6.18 Å². The number of ether oxygens (including phenoxy) is 1. The summed E-state index contributed by atoms with van der Waals surface area (Å²) in [5.74, 6) is -0.427. The number of nitrogens with one attached hydrogen (secondary N) is 1. The van der Waals surface area contributed by atoms with Gasteiger partial charge in [-0.1, -0.05) is 41.7 Å². The van der Waals surface area contributed by atoms with Crippen molar-refractivity contribution >= 4 is 46.4 Å². The fraction of sp³-hybridized carbons (Fsp3) is 0.235. The molecule has 140 valence electrons. The maximum absolute atomic E-state index is 12.9. The molecule has 0 aromatic heterocycles. The zero-order valence-electron chi connectivity index (χ0n) is 13.4. The van der Waals surface area contributed by atoms with Crippen LogP contribution in [0.4, 0.5) is 18.9 Å². The molecular formula is C17H13Cl3F3NO2. The van der Waals surface area contributed by atoms with Crippen molar-refractivity contribution in [1.29, 1.82) is 0 Å². The van der Waals surface area contributed by atoms with Gasteiger partial charge < -0.3 is 10.1 Å². The Balaban J connectivity index is 2.26. The van der Waals surface area contributed by atoms with E-state index in [0.29, 0.717) is 6.61 Å². The first-order chi connectivity index (χ1) is 12.1. The van der Waals surface area contributed by atoms with Crippen LogP contribution in [-0.4, -0.2) is 12.5 Å². The van der Waals surface area contributed by atoms with Crippen molar-refractivity contribution in [2.45, 2.75) is 19.5 Å². The molecule has 0 radical (unpaired) electrons. The van der Waals surface area contributed by atoms with Crippen molar-refractivity contribution in [2.75, 3.05) is 11.9 Å². The molecule has 9 heteroatoms. The lowest BCUT2D eigenvalue weighted by Crippen LogP contribution is -2.14. The molecule has 0 saturated heterocycles. The second kappa shape index (κ2) is 8.37. The number of hydrogen-bond donors (Lipinski definition) is 1. The summed E-state index contributed by atoms with van der Waals surface area (Å²) < 4.78 is 44.1. The van der Waals surface area contributed by atoms with Crippen molar-refractivity contribution in [1.82, 2.24) is 0 Å². The van der Waals surface area contributed by atoms with Gasteiger partial charge in [0.2, 0.25) is 0 Å². The molecule has 0 unspecified atom stereocenters. The van der Waals surface area contributed by atoms with E-state index in [1.165, 1.54) is 18.2 Å². The minimum atomic E-state index is -4.64. The minimum Gasteiger partial charge on any atom is -0.490 e. The van der Waals surface area contributed by atoms with Gasteiger partial charge in [0.15, 0.2) is 5.75 Å². The number of amides is 1. The highest BCUT2D eigenvalue weighted by Crippen LogP contribution is 2.37. The first-order valence-corrected chi connectivity index (χ1v) is 8.56. The van der Waals surface area contributed by atoms with Crippen LogP contribution in [0.15, 0.2) is 30.3 Å². The monoisotopic (exact) mass is 425 g/mol. The Morgan fingerprint density at radius 1 is 1.08 bits per heavy atom. The van der Waals surface area contributed by atoms with Gasteiger partial charge in [0, 0.05) is 11.3 Å². The lowest BCUT2D eigenvalue weighted by molar-refractivity contribution is -0.137. The number of anilines is 1. The standard InChI is InChI=1S/C17H13Cl3F3NO2/c1-2-5-26-15-13(19)6-9(7-14(15)20)16(25)24-10-3-4-12(18)11(8-10)17(21,22)23/h3-4,6-8H,2,5H2,1H3,(H,24,25). The molecule has 2 aromatic rings. The maximum atomic E-state index is 12.9. The summed E-state index contributed by atoms with van der Waals surface area (Å²) in [5.41, 5.74) is -1.03. The molecule has 2 rings (SSSR count). The van der Waals surface area contributed by atoms with Gasteiger partial charge in [-0.05, 0) is 36.8 Å². The van der Waals surface area contributed by atoms with Gasteiger partial charge in [-0.3, -0.25) is 4.79 Å². The first kappa shape index (κ1) is 20.7. The Kier molecular flexibility index (Phi) is 6.66. The summed E-state index contributed by atoms with van der Waals surface area (Å²) in [6, 6.07) is 5.73. The summed E-state index contributed by atoms with van der Waals surface area (Å²) in [6.07, 6.45) is -3.89. The van der Waals surface area contributed by atoms with Crippen LogP contribution in [0.1, 0.15) is 29.3 Å². The van der Waals surface area contributed by atoms with Crippen LogP contribution in [0.2, 0.25) is 15.1 Å². The van der Waals surface area contributed by atoms with Crippen LogP contribution in [0.25, 0.3) is 0 Å². The van der Waals surface area contributed by atoms with Crippen LogP contribution in [0.3, 0.4) is 0 Å². The molecule has 0 bridgehead atoms. The van der Waals surface area contributed by atoms with E-state index in [4.69, 9.17) is 39.5 Å². The van der Waals surface area contributed by atoms with Gasteiger partial charge in [0.05, 0.1) is 27.2 Å². The van der Waals surface area contributed by atoms with E-state index in [1.807, 2.05) is 6.92 Å². The number of carbonyl (C=O) groups excluding carboxylic acids is 1. The first-order valence-electron chi connectivity index (χ1n) is 7.43. The van der Waals surface area contributed by atoms with E-state index in [-0.39, 0.29) is 27.0 Å². The molecule has 0 spiro atoms. The molecule has 1 amide bonds. The molecule has 0 heterocycles. The third-order valence-corrected chi connectivity index (χ3v) is 4.13. The van der Waals surface area contributed by atoms with Crippen LogP contribution in [0.5, 0.6) is 5.75 Å². The maximum Gasteiger partial charge on any atom is 0.417 e. The number of carbonyl (C=O) groups is 1. The fourth-order valence-electron chi connectivity index (χ4n) is 2.06. The number of benzene rings is 2. The number of rotatable bonds is 5. The van der Waals surface area contributed by atoms with Gasteiger partial charge in [-0.25, -0.2) is 0 Å². The molecule has 0 atom stereocenters. The van der Waals surface area contributed by atoms with Gasteiger partial charge in [-0.15, -0.1) is 0 Å². The zero-order valence-corrected chi connectivity index (χ0v) is 15.7. The second-order valence-electron chi connectivity index (χ2n) is 5.26. The van der Waals surface area contributed by atoms with Gasteiger partial charge in [-0.2, -0.15) is 13.2 Å². The molecule has 2 aromatic carbocycles. The zero-order chi connectivity index (χ0) is 19.5. The molecule has 3 nitrogen and oxygen atoms in total. The Morgan fingerprint density at radius 3 is 2.23 bits per heavy atom. The van der Waals surface area contributed by atoms with Gasteiger partial charge in [0.25, 0.3) is 5.91 Å². The SMILES string of the molecule is CCCOc1c(Cl)cc(C(=O)Nc2ccc(Cl)c(C(F)(F)F)c2)cc1Cl. The topological polar surface area (TPSA) is 38.3 Å². The van der Waals surface area contributed by atoms with Crippen molar-refractivity contribution in [3.63, 3.8) is 0 Å². The molecule has 26 heavy (non-hydrogen) atoms. The lowest BCUT2D eigenvalue weighted by Gasteiger charge is -2.13. The van der Waals surface area contributed by atoms with Crippen molar-refractivity contribution in [3.8, 4) is 5.75 Å². The minimum absolute atomic E-state index is 0.0646.